The van der Waals surface area contributed by atoms with Gasteiger partial charge in [-0.15, -0.1) is 6.58 Å². The summed E-state index contributed by atoms with van der Waals surface area (Å²) in [5, 5.41) is 0. The molecule has 23 heavy (non-hydrogen) atoms. The van der Waals surface area contributed by atoms with Gasteiger partial charge >= 0.3 is 5.97 Å². The number of Topliss-reactive ketones (excluding diaryl/α,β-unsaturated/α-hetero) is 1. The van der Waals surface area contributed by atoms with Crippen LogP contribution in [0.5, 0.6) is 0 Å². The van der Waals surface area contributed by atoms with E-state index in [1.807, 2.05) is 13.0 Å². The number of hydrogen-bond donors (Lipinski definition) is 0. The number of ether oxygens (including phenoxy) is 3. The first-order valence-electron chi connectivity index (χ1n) is 8.46. The number of rotatable bonds is 10. The van der Waals surface area contributed by atoms with Gasteiger partial charge in [0.15, 0.2) is 6.29 Å². The predicted octanol–water partition coefficient (Wildman–Crippen LogP) is 3.80. The average Bonchev–Trinajstić information content (AvgIpc) is 2.89. The maximum atomic E-state index is 11.5. The van der Waals surface area contributed by atoms with E-state index in [0.717, 1.165) is 19.3 Å². The van der Waals surface area contributed by atoms with Crippen LogP contribution in [0.15, 0.2) is 12.7 Å². The van der Waals surface area contributed by atoms with Gasteiger partial charge in [-0.1, -0.05) is 25.3 Å². The van der Waals surface area contributed by atoms with E-state index in [9.17, 15) is 9.59 Å². The molecule has 0 saturated carbocycles. The molecule has 5 nitrogen and oxygen atoms in total. The van der Waals surface area contributed by atoms with Crippen LogP contribution in [0.4, 0.5) is 0 Å². The number of carbonyl (C=O) groups is 2. The highest BCUT2D eigenvalue weighted by molar-refractivity contribution is 5.72. The zero-order valence-corrected chi connectivity index (χ0v) is 14.8. The fourth-order valence-corrected chi connectivity index (χ4v) is 2.03. The van der Waals surface area contributed by atoms with Gasteiger partial charge < -0.3 is 19.0 Å². The van der Waals surface area contributed by atoms with Crippen LogP contribution in [0.2, 0.25) is 0 Å². The molecule has 1 saturated heterocycles. The second-order valence-corrected chi connectivity index (χ2v) is 5.85. The molecule has 0 radical (unpaired) electrons. The summed E-state index contributed by atoms with van der Waals surface area (Å²) in [6, 6.07) is 0. The van der Waals surface area contributed by atoms with Gasteiger partial charge in [0, 0.05) is 6.42 Å². The normalized spacial score (nSPS) is 19.6. The molecule has 0 N–H and O–H groups in total. The lowest BCUT2D eigenvalue weighted by Crippen LogP contribution is -2.21. The molecule has 2 unspecified atom stereocenters. The van der Waals surface area contributed by atoms with Gasteiger partial charge in [-0.05, 0) is 40.0 Å². The summed E-state index contributed by atoms with van der Waals surface area (Å²) in [6.07, 6.45) is 8.85. The molecular formula is C18H32O5. The molecule has 1 aliphatic rings. The first-order valence-corrected chi connectivity index (χ1v) is 8.46. The van der Waals surface area contributed by atoms with Crippen molar-refractivity contribution in [3.05, 3.63) is 12.7 Å². The highest BCUT2D eigenvalue weighted by atomic mass is 16.7. The molecule has 0 aliphatic carbocycles. The second kappa shape index (κ2) is 14.4. The highest BCUT2D eigenvalue weighted by Gasteiger charge is 2.23. The SMILES string of the molecule is C=CCCCCCCCC(=O)OCC1COC(C)O1.CC(C)=O. The summed E-state index contributed by atoms with van der Waals surface area (Å²) < 4.78 is 15.8. The van der Waals surface area contributed by atoms with Crippen molar-refractivity contribution in [2.75, 3.05) is 13.2 Å². The zero-order chi connectivity index (χ0) is 17.5. The van der Waals surface area contributed by atoms with Crippen molar-refractivity contribution >= 4 is 11.8 Å². The summed E-state index contributed by atoms with van der Waals surface area (Å²) in [7, 11) is 0. The topological polar surface area (TPSA) is 61.8 Å². The quantitative estimate of drug-likeness (QED) is 0.347. The first-order chi connectivity index (χ1) is 11.0. The molecule has 0 bridgehead atoms. The van der Waals surface area contributed by atoms with Gasteiger partial charge in [0.1, 0.15) is 18.5 Å². The molecule has 1 fully saturated rings. The summed E-state index contributed by atoms with van der Waals surface area (Å²) in [4.78, 5) is 20.9. The molecular weight excluding hydrogens is 296 g/mol. The number of unbranched alkanes of at least 4 members (excludes halogenated alkanes) is 5. The van der Waals surface area contributed by atoms with Crippen LogP contribution >= 0.6 is 0 Å². The second-order valence-electron chi connectivity index (χ2n) is 5.85. The van der Waals surface area contributed by atoms with E-state index >= 15 is 0 Å². The molecule has 0 aromatic carbocycles. The van der Waals surface area contributed by atoms with E-state index in [0.29, 0.717) is 19.6 Å². The predicted molar refractivity (Wildman–Crippen MR) is 90.1 cm³/mol. The van der Waals surface area contributed by atoms with E-state index in [2.05, 4.69) is 6.58 Å². The number of carbonyl (C=O) groups excluding carboxylic acids is 2. The Bertz CT molecular complexity index is 336. The lowest BCUT2D eigenvalue weighted by molar-refractivity contribution is -0.147. The van der Waals surface area contributed by atoms with E-state index in [1.54, 1.807) is 0 Å². The molecule has 134 valence electrons. The van der Waals surface area contributed by atoms with Crippen molar-refractivity contribution in [1.29, 1.82) is 0 Å². The Morgan fingerprint density at radius 2 is 1.78 bits per heavy atom. The number of ketones is 1. The zero-order valence-electron chi connectivity index (χ0n) is 14.8. The summed E-state index contributed by atoms with van der Waals surface area (Å²) >= 11 is 0. The van der Waals surface area contributed by atoms with E-state index < -0.39 is 0 Å². The monoisotopic (exact) mass is 328 g/mol. The van der Waals surface area contributed by atoms with Crippen molar-refractivity contribution in [3.8, 4) is 0 Å². The van der Waals surface area contributed by atoms with Gasteiger partial charge in [0.05, 0.1) is 6.61 Å². The van der Waals surface area contributed by atoms with Gasteiger partial charge in [-0.25, -0.2) is 0 Å². The third kappa shape index (κ3) is 15.5. The van der Waals surface area contributed by atoms with E-state index in [4.69, 9.17) is 14.2 Å². The van der Waals surface area contributed by atoms with Crippen molar-refractivity contribution in [2.24, 2.45) is 0 Å². The molecule has 0 amide bonds. The Morgan fingerprint density at radius 3 is 2.35 bits per heavy atom. The van der Waals surface area contributed by atoms with Crippen LogP contribution in [0.25, 0.3) is 0 Å². The maximum Gasteiger partial charge on any atom is 0.305 e. The van der Waals surface area contributed by atoms with E-state index in [1.165, 1.54) is 33.1 Å². The Balaban J connectivity index is 0.00000108. The third-order valence-corrected chi connectivity index (χ3v) is 3.12. The molecule has 0 spiro atoms. The van der Waals surface area contributed by atoms with Gasteiger partial charge in [-0.3, -0.25) is 4.79 Å². The minimum Gasteiger partial charge on any atom is -0.463 e. The summed E-state index contributed by atoms with van der Waals surface area (Å²) in [5.74, 6) is 0.0363. The molecule has 1 rings (SSSR count). The number of hydrogen-bond acceptors (Lipinski definition) is 5. The van der Waals surface area contributed by atoms with Gasteiger partial charge in [-0.2, -0.15) is 0 Å². The highest BCUT2D eigenvalue weighted by Crippen LogP contribution is 2.12. The first kappa shape index (κ1) is 21.8. The number of esters is 1. The van der Waals surface area contributed by atoms with Crippen LogP contribution in [0.3, 0.4) is 0 Å². The van der Waals surface area contributed by atoms with Crippen LogP contribution < -0.4 is 0 Å². The van der Waals surface area contributed by atoms with Crippen LogP contribution in [-0.4, -0.2) is 37.4 Å². The van der Waals surface area contributed by atoms with Crippen molar-refractivity contribution in [2.45, 2.75) is 78.1 Å². The van der Waals surface area contributed by atoms with Crippen LogP contribution in [-0.2, 0) is 23.8 Å². The molecule has 5 heteroatoms. The van der Waals surface area contributed by atoms with E-state index in [-0.39, 0.29) is 24.1 Å². The maximum absolute atomic E-state index is 11.5. The Morgan fingerprint density at radius 1 is 1.17 bits per heavy atom. The van der Waals surface area contributed by atoms with Crippen LogP contribution in [0, 0.1) is 0 Å². The standard InChI is InChI=1S/C15H26O4.C3H6O/c1-3-4-5-6-7-8-9-10-15(16)18-12-14-11-17-13(2)19-14;1-3(2)4/h3,13-14H,1,4-12H2,2H3;1-2H3. The Kier molecular flexibility index (Phi) is 13.6. The Labute approximate surface area is 140 Å². The number of allylic oxidation sites excluding steroid dienone is 1. The van der Waals surface area contributed by atoms with Gasteiger partial charge in [0.2, 0.25) is 0 Å². The van der Waals surface area contributed by atoms with Crippen LogP contribution in [0.1, 0.15) is 65.7 Å². The average molecular weight is 328 g/mol. The fourth-order valence-electron chi connectivity index (χ4n) is 2.03. The summed E-state index contributed by atoms with van der Waals surface area (Å²) in [6.45, 7) is 9.41. The lowest BCUT2D eigenvalue weighted by atomic mass is 10.1. The van der Waals surface area contributed by atoms with Gasteiger partial charge in [0.25, 0.3) is 0 Å². The molecule has 0 aromatic heterocycles. The van der Waals surface area contributed by atoms with Crippen molar-refractivity contribution in [3.63, 3.8) is 0 Å². The third-order valence-electron chi connectivity index (χ3n) is 3.12. The van der Waals surface area contributed by atoms with Crippen molar-refractivity contribution < 1.29 is 23.8 Å². The molecule has 2 atom stereocenters. The molecule has 0 aromatic rings. The molecule has 1 aliphatic heterocycles. The Hall–Kier alpha value is -1.20. The minimum atomic E-state index is -0.181. The molecule has 1 heterocycles. The summed E-state index contributed by atoms with van der Waals surface area (Å²) in [5.41, 5.74) is 0. The van der Waals surface area contributed by atoms with Crippen molar-refractivity contribution in [1.82, 2.24) is 0 Å². The smallest absolute Gasteiger partial charge is 0.305 e. The fraction of sp³-hybridized carbons (Fsp3) is 0.778. The lowest BCUT2D eigenvalue weighted by Gasteiger charge is -2.09. The minimum absolute atomic E-state index is 0.0992. The largest absolute Gasteiger partial charge is 0.463 e.